The maximum Gasteiger partial charge on any atom is 0.224 e. The summed E-state index contributed by atoms with van der Waals surface area (Å²) in [4.78, 5) is 13.9. The number of hydrogen-bond acceptors (Lipinski definition) is 2. The third-order valence-electron chi connectivity index (χ3n) is 4.11. The van der Waals surface area contributed by atoms with Crippen molar-refractivity contribution in [1.29, 1.82) is 0 Å². The molecule has 3 rings (SSSR count). The van der Waals surface area contributed by atoms with Crippen LogP contribution in [0.25, 0.3) is 0 Å². The Hall–Kier alpha value is -1.81. The molecule has 0 saturated heterocycles. The molecular weight excluding hydrogens is 340 g/mol. The van der Waals surface area contributed by atoms with Crippen LogP contribution in [0.15, 0.2) is 53.0 Å². The van der Waals surface area contributed by atoms with Gasteiger partial charge in [-0.25, -0.2) is 0 Å². The van der Waals surface area contributed by atoms with Gasteiger partial charge in [0.2, 0.25) is 5.91 Å². The van der Waals surface area contributed by atoms with Gasteiger partial charge in [0.1, 0.15) is 0 Å². The lowest BCUT2D eigenvalue weighted by molar-refractivity contribution is -0.117. The molecule has 114 valence electrons. The Kier molecular flexibility index (Phi) is 4.21. The van der Waals surface area contributed by atoms with E-state index in [2.05, 4.69) is 46.4 Å². The summed E-state index contributed by atoms with van der Waals surface area (Å²) in [6, 6.07) is 16.7. The third-order valence-corrected chi connectivity index (χ3v) is 4.64. The van der Waals surface area contributed by atoms with E-state index in [1.54, 1.807) is 6.92 Å². The first-order chi connectivity index (χ1) is 10.6. The minimum atomic E-state index is 0.0991. The highest BCUT2D eigenvalue weighted by atomic mass is 79.9. The molecule has 1 N–H and O–H groups in total. The van der Waals surface area contributed by atoms with Crippen LogP contribution in [0.4, 0.5) is 11.4 Å². The molecule has 4 heteroatoms. The van der Waals surface area contributed by atoms with Crippen LogP contribution in [0.5, 0.6) is 0 Å². The molecule has 1 amide bonds. The molecule has 3 nitrogen and oxygen atoms in total. The Morgan fingerprint density at radius 1 is 1.18 bits per heavy atom. The van der Waals surface area contributed by atoms with Crippen LogP contribution in [-0.4, -0.2) is 11.9 Å². The van der Waals surface area contributed by atoms with Gasteiger partial charge in [-0.2, -0.15) is 0 Å². The summed E-state index contributed by atoms with van der Waals surface area (Å²) in [6.45, 7) is 3.74. The first-order valence-electron chi connectivity index (χ1n) is 7.47. The number of nitrogens with zero attached hydrogens (tertiary/aromatic N) is 1. The molecule has 1 heterocycles. The van der Waals surface area contributed by atoms with Crippen LogP contribution in [-0.2, 0) is 4.79 Å². The van der Waals surface area contributed by atoms with E-state index >= 15 is 0 Å². The first-order valence-corrected chi connectivity index (χ1v) is 8.26. The fourth-order valence-corrected chi connectivity index (χ4v) is 3.44. The molecule has 1 aliphatic heterocycles. The summed E-state index contributed by atoms with van der Waals surface area (Å²) < 4.78 is 1.07. The van der Waals surface area contributed by atoms with E-state index in [0.29, 0.717) is 0 Å². The number of amides is 1. The van der Waals surface area contributed by atoms with Crippen molar-refractivity contribution in [3.8, 4) is 0 Å². The summed E-state index contributed by atoms with van der Waals surface area (Å²) in [6.07, 6.45) is 0.895. The fourth-order valence-electron chi connectivity index (χ4n) is 3.18. The quantitative estimate of drug-likeness (QED) is 0.840. The van der Waals surface area contributed by atoms with Crippen molar-refractivity contribution >= 4 is 33.2 Å². The van der Waals surface area contributed by atoms with Gasteiger partial charge in [0.15, 0.2) is 0 Å². The fraction of sp³-hybridized carbons (Fsp3) is 0.278. The monoisotopic (exact) mass is 358 g/mol. The maximum absolute atomic E-state index is 12.0. The summed E-state index contributed by atoms with van der Waals surface area (Å²) >= 11 is 3.46. The van der Waals surface area contributed by atoms with Gasteiger partial charge in [-0.15, -0.1) is 0 Å². The highest BCUT2D eigenvalue weighted by molar-refractivity contribution is 9.10. The third kappa shape index (κ3) is 2.88. The zero-order valence-corrected chi connectivity index (χ0v) is 14.3. The van der Waals surface area contributed by atoms with E-state index < -0.39 is 0 Å². The van der Waals surface area contributed by atoms with Crippen LogP contribution in [0.2, 0.25) is 0 Å². The molecule has 0 unspecified atom stereocenters. The van der Waals surface area contributed by atoms with Gasteiger partial charge in [-0.05, 0) is 49.2 Å². The Bertz CT molecular complexity index is 684. The summed E-state index contributed by atoms with van der Waals surface area (Å²) in [5, 5.41) is 3.60. The van der Waals surface area contributed by atoms with E-state index in [1.165, 1.54) is 5.56 Å². The van der Waals surface area contributed by atoms with Crippen molar-refractivity contribution in [1.82, 2.24) is 0 Å². The number of benzene rings is 2. The van der Waals surface area contributed by atoms with Crippen molar-refractivity contribution in [2.45, 2.75) is 32.4 Å². The first kappa shape index (κ1) is 15.1. The van der Waals surface area contributed by atoms with Crippen LogP contribution < -0.4 is 10.2 Å². The second kappa shape index (κ2) is 6.13. The zero-order chi connectivity index (χ0) is 15.7. The van der Waals surface area contributed by atoms with Crippen molar-refractivity contribution in [2.24, 2.45) is 0 Å². The number of para-hydroxylation sites is 1. The van der Waals surface area contributed by atoms with Gasteiger partial charge in [0.25, 0.3) is 0 Å². The number of fused-ring (bicyclic) bond motifs is 1. The van der Waals surface area contributed by atoms with Crippen molar-refractivity contribution in [3.05, 3.63) is 58.6 Å². The predicted molar refractivity (Wildman–Crippen MR) is 94.2 cm³/mol. The summed E-state index contributed by atoms with van der Waals surface area (Å²) in [5.74, 6) is 0.0991. The van der Waals surface area contributed by atoms with E-state index in [-0.39, 0.29) is 18.0 Å². The number of rotatable bonds is 2. The van der Waals surface area contributed by atoms with Crippen LogP contribution >= 0.6 is 15.9 Å². The van der Waals surface area contributed by atoms with Gasteiger partial charge in [0, 0.05) is 28.8 Å². The lowest BCUT2D eigenvalue weighted by Crippen LogP contribution is -2.43. The smallest absolute Gasteiger partial charge is 0.224 e. The van der Waals surface area contributed by atoms with E-state index in [1.807, 2.05) is 35.2 Å². The Labute approximate surface area is 139 Å². The number of nitrogens with one attached hydrogen (secondary N) is 1. The zero-order valence-electron chi connectivity index (χ0n) is 12.7. The summed E-state index contributed by atoms with van der Waals surface area (Å²) in [7, 11) is 0. The Morgan fingerprint density at radius 2 is 1.86 bits per heavy atom. The van der Waals surface area contributed by atoms with E-state index in [4.69, 9.17) is 0 Å². The Balaban J connectivity index is 1.94. The van der Waals surface area contributed by atoms with Crippen molar-refractivity contribution in [2.75, 3.05) is 10.2 Å². The minimum Gasteiger partial charge on any atom is -0.378 e. The minimum absolute atomic E-state index is 0.0991. The summed E-state index contributed by atoms with van der Waals surface area (Å²) in [5.41, 5.74) is 3.29. The normalized spacial score (nSPS) is 20.4. The molecule has 1 aliphatic rings. The molecule has 2 aromatic carbocycles. The van der Waals surface area contributed by atoms with Gasteiger partial charge in [-0.3, -0.25) is 4.79 Å². The second-order valence-electron chi connectivity index (χ2n) is 5.74. The average Bonchev–Trinajstić information content (AvgIpc) is 2.49. The van der Waals surface area contributed by atoms with Gasteiger partial charge >= 0.3 is 0 Å². The molecule has 2 aromatic rings. The number of anilines is 2. The van der Waals surface area contributed by atoms with Crippen molar-refractivity contribution in [3.63, 3.8) is 0 Å². The van der Waals surface area contributed by atoms with Gasteiger partial charge in [-0.1, -0.05) is 34.1 Å². The van der Waals surface area contributed by atoms with Gasteiger partial charge < -0.3 is 10.2 Å². The maximum atomic E-state index is 12.0. The van der Waals surface area contributed by atoms with E-state index in [0.717, 1.165) is 22.3 Å². The van der Waals surface area contributed by atoms with Crippen LogP contribution in [0.3, 0.4) is 0 Å². The second-order valence-corrected chi connectivity index (χ2v) is 6.65. The number of halogens is 1. The molecule has 0 bridgehead atoms. The number of hydrogen-bond donors (Lipinski definition) is 1. The molecule has 0 spiro atoms. The van der Waals surface area contributed by atoms with Gasteiger partial charge in [0.05, 0.1) is 6.04 Å². The number of carbonyl (C=O) groups is 1. The molecule has 2 atom stereocenters. The SMILES string of the molecule is CC(=O)N1c2ccccc2[C@H](Nc2ccc(Br)cc2)C[C@@H]1C. The highest BCUT2D eigenvalue weighted by Gasteiger charge is 2.31. The molecule has 22 heavy (non-hydrogen) atoms. The molecular formula is C18H19BrN2O. The lowest BCUT2D eigenvalue weighted by atomic mass is 9.91. The largest absolute Gasteiger partial charge is 0.378 e. The molecule has 0 aromatic heterocycles. The Morgan fingerprint density at radius 3 is 2.55 bits per heavy atom. The molecule has 0 aliphatic carbocycles. The molecule has 0 radical (unpaired) electrons. The molecule has 0 saturated carbocycles. The predicted octanol–water partition coefficient (Wildman–Crippen LogP) is 4.75. The highest BCUT2D eigenvalue weighted by Crippen LogP contribution is 2.38. The average molecular weight is 359 g/mol. The van der Waals surface area contributed by atoms with E-state index in [9.17, 15) is 4.79 Å². The lowest BCUT2D eigenvalue weighted by Gasteiger charge is -2.39. The van der Waals surface area contributed by atoms with Crippen LogP contribution in [0, 0.1) is 0 Å². The molecule has 0 fully saturated rings. The number of carbonyl (C=O) groups excluding carboxylic acids is 1. The van der Waals surface area contributed by atoms with Crippen molar-refractivity contribution < 1.29 is 4.79 Å². The topological polar surface area (TPSA) is 32.3 Å². The van der Waals surface area contributed by atoms with Crippen LogP contribution in [0.1, 0.15) is 31.9 Å². The standard InChI is InChI=1S/C18H19BrN2O/c1-12-11-17(20-15-9-7-14(19)8-10-15)16-5-3-4-6-18(16)21(12)13(2)22/h3-10,12,17,20H,11H2,1-2H3/t12-,17+/m0/s1.